The van der Waals surface area contributed by atoms with Crippen molar-refractivity contribution in [3.05, 3.63) is 23.8 Å². The zero-order valence-electron chi connectivity index (χ0n) is 11.3. The summed E-state index contributed by atoms with van der Waals surface area (Å²) in [6, 6.07) is 2.92. The van der Waals surface area contributed by atoms with Crippen molar-refractivity contribution in [3.63, 3.8) is 0 Å². The highest BCUT2D eigenvalue weighted by Gasteiger charge is 2.35. The summed E-state index contributed by atoms with van der Waals surface area (Å²) >= 11 is 0. The van der Waals surface area contributed by atoms with Gasteiger partial charge in [-0.2, -0.15) is 0 Å². The molecule has 5 heteroatoms. The molecule has 0 aliphatic carbocycles. The van der Waals surface area contributed by atoms with Crippen molar-refractivity contribution >= 4 is 11.4 Å². The second-order valence-electron chi connectivity index (χ2n) is 5.55. The number of nitrogens with zero attached hydrogens (tertiary/aromatic N) is 2. The summed E-state index contributed by atoms with van der Waals surface area (Å²) in [6.07, 6.45) is 0. The summed E-state index contributed by atoms with van der Waals surface area (Å²) in [4.78, 5) is 4.18. The van der Waals surface area contributed by atoms with Gasteiger partial charge in [0.05, 0.1) is 17.4 Å². The fourth-order valence-corrected chi connectivity index (χ4v) is 3.09. The molecule has 1 saturated heterocycles. The van der Waals surface area contributed by atoms with Crippen LogP contribution in [0.4, 0.5) is 20.2 Å². The van der Waals surface area contributed by atoms with E-state index in [1.165, 1.54) is 6.07 Å². The van der Waals surface area contributed by atoms with E-state index in [0.29, 0.717) is 11.4 Å². The molecule has 1 atom stereocenters. The smallest absolute Gasteiger partial charge is 0.151 e. The van der Waals surface area contributed by atoms with Crippen molar-refractivity contribution in [2.75, 3.05) is 36.0 Å². The Balaban J connectivity index is 2.12. The van der Waals surface area contributed by atoms with Crippen molar-refractivity contribution in [1.29, 1.82) is 0 Å². The Labute approximate surface area is 112 Å². The molecule has 104 valence electrons. The summed E-state index contributed by atoms with van der Waals surface area (Å²) in [7, 11) is 0. The molecule has 3 rings (SSSR count). The van der Waals surface area contributed by atoms with E-state index in [0.717, 1.165) is 32.2 Å². The average molecular weight is 267 g/mol. The fraction of sp³-hybridized carbons (Fsp3) is 0.571. The maximum atomic E-state index is 14.2. The topological polar surface area (TPSA) is 18.5 Å². The molecule has 1 N–H and O–H groups in total. The van der Waals surface area contributed by atoms with Crippen LogP contribution in [-0.4, -0.2) is 38.3 Å². The maximum absolute atomic E-state index is 14.2. The summed E-state index contributed by atoms with van der Waals surface area (Å²) in [5.41, 5.74) is 1.25. The van der Waals surface area contributed by atoms with E-state index in [1.807, 2.05) is 0 Å². The van der Waals surface area contributed by atoms with Crippen molar-refractivity contribution in [2.24, 2.45) is 0 Å². The Morgan fingerprint density at radius 3 is 2.84 bits per heavy atom. The van der Waals surface area contributed by atoms with E-state index in [2.05, 4.69) is 29.0 Å². The van der Waals surface area contributed by atoms with E-state index < -0.39 is 11.6 Å². The Hall–Kier alpha value is -1.36. The molecular weight excluding hydrogens is 248 g/mol. The van der Waals surface area contributed by atoms with Gasteiger partial charge < -0.3 is 15.1 Å². The van der Waals surface area contributed by atoms with E-state index in [9.17, 15) is 8.78 Å². The molecule has 1 aromatic rings. The van der Waals surface area contributed by atoms with Crippen LogP contribution in [-0.2, 0) is 0 Å². The standard InChI is InChI=1S/C14H19F2N3/c1-9(2)19-8-11-7-17-3-4-18(11)14-12(16)5-10(15)6-13(14)19/h5-6,9,11,17H,3-4,7-8H2,1-2H3. The predicted molar refractivity (Wildman–Crippen MR) is 72.8 cm³/mol. The van der Waals surface area contributed by atoms with Gasteiger partial charge in [-0.05, 0) is 19.9 Å². The zero-order valence-corrected chi connectivity index (χ0v) is 11.3. The van der Waals surface area contributed by atoms with Crippen LogP contribution in [0.2, 0.25) is 0 Å². The maximum Gasteiger partial charge on any atom is 0.151 e. The van der Waals surface area contributed by atoms with Crippen molar-refractivity contribution < 1.29 is 8.78 Å². The number of hydrogen-bond donors (Lipinski definition) is 1. The minimum Gasteiger partial charge on any atom is -0.365 e. The van der Waals surface area contributed by atoms with Gasteiger partial charge in [0.15, 0.2) is 5.82 Å². The fourth-order valence-electron chi connectivity index (χ4n) is 3.09. The number of fused-ring (bicyclic) bond motifs is 3. The lowest BCUT2D eigenvalue weighted by Crippen LogP contribution is -2.60. The summed E-state index contributed by atoms with van der Waals surface area (Å²) in [6.45, 7) is 7.37. The molecule has 1 unspecified atom stereocenters. The van der Waals surface area contributed by atoms with E-state index in [1.54, 1.807) is 0 Å². The third kappa shape index (κ3) is 2.06. The lowest BCUT2D eigenvalue weighted by Gasteiger charge is -2.48. The lowest BCUT2D eigenvalue weighted by molar-refractivity contribution is 0.438. The van der Waals surface area contributed by atoms with E-state index in [-0.39, 0.29) is 12.1 Å². The van der Waals surface area contributed by atoms with Crippen LogP contribution in [0.15, 0.2) is 12.1 Å². The van der Waals surface area contributed by atoms with E-state index >= 15 is 0 Å². The van der Waals surface area contributed by atoms with Crippen LogP contribution in [0.1, 0.15) is 13.8 Å². The van der Waals surface area contributed by atoms with Crippen LogP contribution in [0, 0.1) is 11.6 Å². The highest BCUT2D eigenvalue weighted by atomic mass is 19.1. The number of halogens is 2. The minimum atomic E-state index is -0.504. The average Bonchev–Trinajstić information content (AvgIpc) is 2.36. The molecule has 2 aliphatic heterocycles. The molecule has 0 spiro atoms. The molecule has 1 aromatic carbocycles. The zero-order chi connectivity index (χ0) is 13.6. The second kappa shape index (κ2) is 4.63. The molecule has 1 fully saturated rings. The molecule has 2 heterocycles. The first-order chi connectivity index (χ1) is 9.08. The van der Waals surface area contributed by atoms with Gasteiger partial charge in [0.25, 0.3) is 0 Å². The van der Waals surface area contributed by atoms with Gasteiger partial charge in [0, 0.05) is 38.3 Å². The van der Waals surface area contributed by atoms with Crippen molar-refractivity contribution in [2.45, 2.75) is 25.9 Å². The van der Waals surface area contributed by atoms with Gasteiger partial charge in [-0.1, -0.05) is 0 Å². The molecule has 3 nitrogen and oxygen atoms in total. The summed E-state index contributed by atoms with van der Waals surface area (Å²) in [5, 5.41) is 3.34. The Morgan fingerprint density at radius 2 is 2.11 bits per heavy atom. The third-order valence-corrected chi connectivity index (χ3v) is 3.99. The van der Waals surface area contributed by atoms with Gasteiger partial charge in [-0.15, -0.1) is 0 Å². The number of hydrogen-bond acceptors (Lipinski definition) is 3. The molecule has 0 saturated carbocycles. The largest absolute Gasteiger partial charge is 0.365 e. The highest BCUT2D eigenvalue weighted by Crippen LogP contribution is 2.39. The minimum absolute atomic E-state index is 0.226. The first kappa shape index (κ1) is 12.7. The Morgan fingerprint density at radius 1 is 1.32 bits per heavy atom. The van der Waals surface area contributed by atoms with Crippen LogP contribution < -0.4 is 15.1 Å². The number of nitrogens with one attached hydrogen (secondary N) is 1. The predicted octanol–water partition coefficient (Wildman–Crippen LogP) is 1.97. The molecule has 2 aliphatic rings. The number of rotatable bonds is 1. The highest BCUT2D eigenvalue weighted by molar-refractivity contribution is 5.75. The van der Waals surface area contributed by atoms with Crippen LogP contribution in [0.5, 0.6) is 0 Å². The van der Waals surface area contributed by atoms with Gasteiger partial charge in [0.2, 0.25) is 0 Å². The van der Waals surface area contributed by atoms with Crippen molar-refractivity contribution in [1.82, 2.24) is 5.32 Å². The monoisotopic (exact) mass is 267 g/mol. The lowest BCUT2D eigenvalue weighted by atomic mass is 10.0. The second-order valence-corrected chi connectivity index (χ2v) is 5.55. The summed E-state index contributed by atoms with van der Waals surface area (Å²) < 4.78 is 27.7. The first-order valence-corrected chi connectivity index (χ1v) is 6.81. The van der Waals surface area contributed by atoms with Crippen molar-refractivity contribution in [3.8, 4) is 0 Å². The Kier molecular flexibility index (Phi) is 3.09. The number of anilines is 2. The Bertz CT molecular complexity index is 490. The van der Waals surface area contributed by atoms with Gasteiger partial charge in [0.1, 0.15) is 5.82 Å². The first-order valence-electron chi connectivity index (χ1n) is 6.81. The summed E-state index contributed by atoms with van der Waals surface area (Å²) in [5.74, 6) is -0.956. The number of piperazine rings is 1. The molecular formula is C14H19F2N3. The van der Waals surface area contributed by atoms with Crippen LogP contribution in [0.3, 0.4) is 0 Å². The quantitative estimate of drug-likeness (QED) is 0.839. The van der Waals surface area contributed by atoms with Gasteiger partial charge >= 0.3 is 0 Å². The molecule has 0 bridgehead atoms. The SMILES string of the molecule is CC(C)N1CC2CNCCN2c2c(F)cc(F)cc21. The van der Waals surface area contributed by atoms with E-state index in [4.69, 9.17) is 0 Å². The number of benzene rings is 1. The van der Waals surface area contributed by atoms with Crippen LogP contribution >= 0.6 is 0 Å². The van der Waals surface area contributed by atoms with Gasteiger partial charge in [-0.3, -0.25) is 0 Å². The molecule has 0 radical (unpaired) electrons. The molecule has 19 heavy (non-hydrogen) atoms. The van der Waals surface area contributed by atoms with Gasteiger partial charge in [-0.25, -0.2) is 8.78 Å². The third-order valence-electron chi connectivity index (χ3n) is 3.99. The normalized spacial score (nSPS) is 22.5. The molecule has 0 aromatic heterocycles. The van der Waals surface area contributed by atoms with Crippen LogP contribution in [0.25, 0.3) is 0 Å². The molecule has 0 amide bonds.